The lowest BCUT2D eigenvalue weighted by atomic mass is 9.85. The number of piperidine rings is 1. The third kappa shape index (κ3) is 1.18. The van der Waals surface area contributed by atoms with E-state index in [1.54, 1.807) is 0 Å². The van der Waals surface area contributed by atoms with Gasteiger partial charge in [0.2, 0.25) is 0 Å². The van der Waals surface area contributed by atoms with Crippen molar-refractivity contribution in [3.05, 3.63) is 0 Å². The number of rotatable bonds is 0. The molecule has 0 aromatic carbocycles. The number of nitrogens with two attached hydrogens (primary N) is 1. The quantitative estimate of drug-likeness (QED) is 0.546. The van der Waals surface area contributed by atoms with Crippen molar-refractivity contribution in [1.82, 2.24) is 5.32 Å². The summed E-state index contributed by atoms with van der Waals surface area (Å²) in [5.74, 6) is 0. The fourth-order valence-corrected chi connectivity index (χ4v) is 2.94. The lowest BCUT2D eigenvalue weighted by Crippen LogP contribution is -2.57. The summed E-state index contributed by atoms with van der Waals surface area (Å²) >= 11 is 0. The Morgan fingerprint density at radius 2 is 1.64 bits per heavy atom. The van der Waals surface area contributed by atoms with Gasteiger partial charge < -0.3 is 11.1 Å². The molecule has 0 amide bonds. The maximum atomic E-state index is 5.99. The molecule has 0 aliphatic carbocycles. The van der Waals surface area contributed by atoms with Crippen LogP contribution in [0.25, 0.3) is 0 Å². The molecule has 2 aliphatic rings. The summed E-state index contributed by atoms with van der Waals surface area (Å²) in [6.45, 7) is 4.61. The predicted molar refractivity (Wildman–Crippen MR) is 46.4 cm³/mol. The van der Waals surface area contributed by atoms with Crippen LogP contribution in [-0.2, 0) is 0 Å². The van der Waals surface area contributed by atoms with Gasteiger partial charge in [0.15, 0.2) is 0 Å². The van der Waals surface area contributed by atoms with E-state index in [4.69, 9.17) is 5.73 Å². The highest BCUT2D eigenvalue weighted by molar-refractivity contribution is 5.08. The molecule has 0 aromatic heterocycles. The minimum atomic E-state index is 0.354. The van der Waals surface area contributed by atoms with E-state index >= 15 is 0 Å². The highest BCUT2D eigenvalue weighted by atomic mass is 15.1. The second-order valence-corrected chi connectivity index (χ2v) is 4.91. The number of hydrogen-bond acceptors (Lipinski definition) is 2. The van der Waals surface area contributed by atoms with Crippen molar-refractivity contribution in [2.24, 2.45) is 5.73 Å². The van der Waals surface area contributed by atoms with E-state index in [0.717, 1.165) is 12.8 Å². The molecule has 2 heterocycles. The van der Waals surface area contributed by atoms with E-state index in [1.807, 2.05) is 0 Å². The zero-order chi connectivity index (χ0) is 8.11. The number of nitrogens with one attached hydrogen (secondary N) is 1. The van der Waals surface area contributed by atoms with Gasteiger partial charge in [0.05, 0.1) is 0 Å². The predicted octanol–water partition coefficient (Wildman–Crippen LogP) is 1.01. The Morgan fingerprint density at radius 3 is 2.09 bits per heavy atom. The van der Waals surface area contributed by atoms with Crippen LogP contribution in [0.5, 0.6) is 0 Å². The molecule has 0 radical (unpaired) electrons. The summed E-state index contributed by atoms with van der Waals surface area (Å²) in [5.41, 5.74) is 6.69. The molecule has 2 saturated heterocycles. The second kappa shape index (κ2) is 1.99. The molecule has 3 atom stereocenters. The summed E-state index contributed by atoms with van der Waals surface area (Å²) in [7, 11) is 0. The van der Waals surface area contributed by atoms with Crippen LogP contribution >= 0.6 is 0 Å². The summed E-state index contributed by atoms with van der Waals surface area (Å²) in [5, 5.41) is 3.69. The number of fused-ring (bicyclic) bond motifs is 2. The van der Waals surface area contributed by atoms with Gasteiger partial charge in [0.1, 0.15) is 0 Å². The van der Waals surface area contributed by atoms with E-state index in [9.17, 15) is 0 Å². The highest BCUT2D eigenvalue weighted by Gasteiger charge is 2.47. The third-order valence-electron chi connectivity index (χ3n) is 3.26. The summed E-state index contributed by atoms with van der Waals surface area (Å²) in [4.78, 5) is 0. The molecule has 3 N–H and O–H groups in total. The molecule has 2 nitrogen and oxygen atoms in total. The Bertz CT molecular complexity index is 162. The van der Waals surface area contributed by atoms with Gasteiger partial charge >= 0.3 is 0 Å². The average molecular weight is 154 g/mol. The minimum absolute atomic E-state index is 0.354. The Labute approximate surface area is 68.5 Å². The topological polar surface area (TPSA) is 38.0 Å². The molecule has 2 bridgehead atoms. The first-order valence-corrected chi connectivity index (χ1v) is 4.56. The zero-order valence-corrected chi connectivity index (χ0v) is 7.48. The van der Waals surface area contributed by atoms with Crippen molar-refractivity contribution >= 4 is 0 Å². The molecule has 2 aliphatic heterocycles. The molecule has 64 valence electrons. The van der Waals surface area contributed by atoms with Crippen molar-refractivity contribution in [3.63, 3.8) is 0 Å². The molecular formula is C9H18N2. The van der Waals surface area contributed by atoms with Gasteiger partial charge in [-0.1, -0.05) is 0 Å². The van der Waals surface area contributed by atoms with E-state index in [2.05, 4.69) is 19.2 Å². The zero-order valence-electron chi connectivity index (χ0n) is 7.48. The van der Waals surface area contributed by atoms with Crippen LogP contribution in [0.3, 0.4) is 0 Å². The fourth-order valence-electron chi connectivity index (χ4n) is 2.94. The Morgan fingerprint density at radius 1 is 1.18 bits per heavy atom. The van der Waals surface area contributed by atoms with Gasteiger partial charge in [-0.05, 0) is 39.5 Å². The van der Waals surface area contributed by atoms with Gasteiger partial charge in [0.25, 0.3) is 0 Å². The second-order valence-electron chi connectivity index (χ2n) is 4.91. The van der Waals surface area contributed by atoms with Crippen molar-refractivity contribution in [1.29, 1.82) is 0 Å². The van der Waals surface area contributed by atoms with Crippen molar-refractivity contribution in [2.45, 2.75) is 56.7 Å². The lowest BCUT2D eigenvalue weighted by Gasteiger charge is -2.40. The fraction of sp³-hybridized carbons (Fsp3) is 1.00. The highest BCUT2D eigenvalue weighted by Crippen LogP contribution is 2.41. The molecule has 0 aromatic rings. The molecule has 2 heteroatoms. The molecule has 0 unspecified atom stereocenters. The lowest BCUT2D eigenvalue weighted by molar-refractivity contribution is 0.211. The van der Waals surface area contributed by atoms with Crippen molar-refractivity contribution in [2.75, 3.05) is 0 Å². The molecule has 0 spiro atoms. The van der Waals surface area contributed by atoms with Gasteiger partial charge in [-0.2, -0.15) is 0 Å². The Balaban J connectivity index is 2.21. The van der Waals surface area contributed by atoms with Gasteiger partial charge in [0, 0.05) is 17.1 Å². The van der Waals surface area contributed by atoms with Crippen molar-refractivity contribution < 1.29 is 0 Å². The summed E-state index contributed by atoms with van der Waals surface area (Å²) in [6, 6.07) is 0.425. The monoisotopic (exact) mass is 154 g/mol. The van der Waals surface area contributed by atoms with Crippen LogP contribution in [0.2, 0.25) is 0 Å². The normalized spacial score (nSPS) is 56.5. The minimum Gasteiger partial charge on any atom is -0.328 e. The Hall–Kier alpha value is -0.0800. The van der Waals surface area contributed by atoms with E-state index < -0.39 is 0 Å². The van der Waals surface area contributed by atoms with E-state index in [-0.39, 0.29) is 0 Å². The molecule has 11 heavy (non-hydrogen) atoms. The van der Waals surface area contributed by atoms with Crippen LogP contribution in [0.1, 0.15) is 39.5 Å². The first-order chi connectivity index (χ1) is 5.02. The van der Waals surface area contributed by atoms with Crippen LogP contribution < -0.4 is 11.1 Å². The van der Waals surface area contributed by atoms with Crippen molar-refractivity contribution in [3.8, 4) is 0 Å². The van der Waals surface area contributed by atoms with E-state index in [0.29, 0.717) is 17.1 Å². The first-order valence-electron chi connectivity index (χ1n) is 4.56. The Kier molecular flexibility index (Phi) is 1.37. The van der Waals surface area contributed by atoms with Gasteiger partial charge in [-0.15, -0.1) is 0 Å². The van der Waals surface area contributed by atoms with Crippen LogP contribution in [0.4, 0.5) is 0 Å². The number of hydrogen-bond donors (Lipinski definition) is 2. The maximum Gasteiger partial charge on any atom is 0.0173 e. The van der Waals surface area contributed by atoms with Crippen LogP contribution in [-0.4, -0.2) is 17.1 Å². The first kappa shape index (κ1) is 7.56. The average Bonchev–Trinajstić information content (AvgIpc) is 2.01. The van der Waals surface area contributed by atoms with Gasteiger partial charge in [-0.25, -0.2) is 0 Å². The summed E-state index contributed by atoms with van der Waals surface area (Å²) in [6.07, 6.45) is 4.92. The maximum absolute atomic E-state index is 5.99. The molecule has 2 fully saturated rings. The smallest absolute Gasteiger partial charge is 0.0173 e. The largest absolute Gasteiger partial charge is 0.328 e. The molecular weight excluding hydrogens is 136 g/mol. The summed E-state index contributed by atoms with van der Waals surface area (Å²) < 4.78 is 0. The SMILES string of the molecule is C[C@]12CC[C@](C)(C[C@@H](N)C1)N2. The third-order valence-corrected chi connectivity index (χ3v) is 3.26. The van der Waals surface area contributed by atoms with Crippen LogP contribution in [0, 0.1) is 0 Å². The van der Waals surface area contributed by atoms with Crippen LogP contribution in [0.15, 0.2) is 0 Å². The van der Waals surface area contributed by atoms with E-state index in [1.165, 1.54) is 12.8 Å². The molecule has 2 rings (SSSR count). The van der Waals surface area contributed by atoms with Gasteiger partial charge in [-0.3, -0.25) is 0 Å². The molecule has 0 saturated carbocycles. The standard InChI is InChI=1S/C9H18N2/c1-8-3-4-9(2,11-8)6-7(10)5-8/h7,11H,3-6,10H2,1-2H3/t7-,8-,9+.